The first kappa shape index (κ1) is 14.8. The van der Waals surface area contributed by atoms with Gasteiger partial charge in [0.1, 0.15) is 0 Å². The van der Waals surface area contributed by atoms with Gasteiger partial charge in [-0.1, -0.05) is 6.07 Å². The SMILES string of the molecule is COc1cc(C(C)N)ccc1OCCCN(C)C. The summed E-state index contributed by atoms with van der Waals surface area (Å²) in [6, 6.07) is 5.84. The van der Waals surface area contributed by atoms with Crippen LogP contribution in [0.5, 0.6) is 11.5 Å². The third-order valence-electron chi connectivity index (χ3n) is 2.72. The number of rotatable bonds is 7. The van der Waals surface area contributed by atoms with Crippen LogP contribution in [-0.2, 0) is 0 Å². The highest BCUT2D eigenvalue weighted by molar-refractivity contribution is 5.43. The molecule has 0 aliphatic rings. The molecule has 1 aromatic carbocycles. The van der Waals surface area contributed by atoms with Crippen LogP contribution in [0.3, 0.4) is 0 Å². The van der Waals surface area contributed by atoms with E-state index in [4.69, 9.17) is 15.2 Å². The molecule has 0 aliphatic heterocycles. The van der Waals surface area contributed by atoms with E-state index in [2.05, 4.69) is 19.0 Å². The molecule has 1 rings (SSSR count). The molecule has 0 saturated carbocycles. The van der Waals surface area contributed by atoms with Crippen molar-refractivity contribution in [3.8, 4) is 11.5 Å². The molecule has 2 N–H and O–H groups in total. The molecule has 0 amide bonds. The largest absolute Gasteiger partial charge is 0.493 e. The quantitative estimate of drug-likeness (QED) is 0.754. The molecule has 1 atom stereocenters. The Morgan fingerprint density at radius 1 is 1.28 bits per heavy atom. The average molecular weight is 252 g/mol. The molecule has 0 heterocycles. The Balaban J connectivity index is 2.59. The van der Waals surface area contributed by atoms with Crippen molar-refractivity contribution in [3.05, 3.63) is 23.8 Å². The lowest BCUT2D eigenvalue weighted by atomic mass is 10.1. The maximum absolute atomic E-state index is 5.84. The van der Waals surface area contributed by atoms with E-state index < -0.39 is 0 Å². The third-order valence-corrected chi connectivity index (χ3v) is 2.72. The molecule has 4 heteroatoms. The summed E-state index contributed by atoms with van der Waals surface area (Å²) >= 11 is 0. The highest BCUT2D eigenvalue weighted by Gasteiger charge is 2.07. The van der Waals surface area contributed by atoms with Crippen LogP contribution in [0.1, 0.15) is 24.9 Å². The minimum absolute atomic E-state index is 0.00157. The lowest BCUT2D eigenvalue weighted by Crippen LogP contribution is -2.15. The first-order chi connectivity index (χ1) is 8.54. The van der Waals surface area contributed by atoms with Crippen molar-refractivity contribution >= 4 is 0 Å². The fraction of sp³-hybridized carbons (Fsp3) is 0.571. The van der Waals surface area contributed by atoms with Gasteiger partial charge in [0, 0.05) is 12.6 Å². The summed E-state index contributed by atoms with van der Waals surface area (Å²) in [6.45, 7) is 3.65. The van der Waals surface area contributed by atoms with Gasteiger partial charge in [0.15, 0.2) is 11.5 Å². The Kier molecular flexibility index (Phi) is 5.95. The van der Waals surface area contributed by atoms with Crippen LogP contribution in [0.25, 0.3) is 0 Å². The van der Waals surface area contributed by atoms with Gasteiger partial charge in [0.05, 0.1) is 13.7 Å². The van der Waals surface area contributed by atoms with Crippen molar-refractivity contribution in [2.45, 2.75) is 19.4 Å². The molecule has 0 fully saturated rings. The van der Waals surface area contributed by atoms with E-state index in [0.717, 1.165) is 30.0 Å². The second kappa shape index (κ2) is 7.24. The standard InChI is InChI=1S/C14H24N2O2/c1-11(15)12-6-7-13(14(10-12)17-4)18-9-5-8-16(2)3/h6-7,10-11H,5,8-9,15H2,1-4H3. The van der Waals surface area contributed by atoms with E-state index in [1.54, 1.807) is 7.11 Å². The van der Waals surface area contributed by atoms with Crippen molar-refractivity contribution in [3.63, 3.8) is 0 Å². The van der Waals surface area contributed by atoms with Gasteiger partial charge >= 0.3 is 0 Å². The van der Waals surface area contributed by atoms with Crippen molar-refractivity contribution in [1.29, 1.82) is 0 Å². The van der Waals surface area contributed by atoms with E-state index in [-0.39, 0.29) is 6.04 Å². The van der Waals surface area contributed by atoms with Crippen molar-refractivity contribution in [2.24, 2.45) is 5.73 Å². The minimum Gasteiger partial charge on any atom is -0.493 e. The van der Waals surface area contributed by atoms with Crippen LogP contribution in [0.2, 0.25) is 0 Å². The second-order valence-corrected chi connectivity index (χ2v) is 4.70. The molecule has 0 radical (unpaired) electrons. The number of methoxy groups -OCH3 is 1. The fourth-order valence-electron chi connectivity index (χ4n) is 1.65. The van der Waals surface area contributed by atoms with Gasteiger partial charge in [-0.2, -0.15) is 0 Å². The van der Waals surface area contributed by atoms with E-state index in [0.29, 0.717) is 6.61 Å². The second-order valence-electron chi connectivity index (χ2n) is 4.70. The topological polar surface area (TPSA) is 47.7 Å². The van der Waals surface area contributed by atoms with Crippen LogP contribution < -0.4 is 15.2 Å². The summed E-state index contributed by atoms with van der Waals surface area (Å²) < 4.78 is 11.0. The number of hydrogen-bond acceptors (Lipinski definition) is 4. The van der Waals surface area contributed by atoms with Crippen molar-refractivity contribution < 1.29 is 9.47 Å². The van der Waals surface area contributed by atoms with Crippen molar-refractivity contribution in [1.82, 2.24) is 4.90 Å². The molecule has 1 aromatic rings. The minimum atomic E-state index is 0.00157. The first-order valence-electron chi connectivity index (χ1n) is 6.25. The first-order valence-corrected chi connectivity index (χ1v) is 6.25. The highest BCUT2D eigenvalue weighted by Crippen LogP contribution is 2.29. The molecule has 102 valence electrons. The summed E-state index contributed by atoms with van der Waals surface area (Å²) in [4.78, 5) is 2.14. The van der Waals surface area contributed by atoms with Crippen LogP contribution in [-0.4, -0.2) is 39.3 Å². The van der Waals surface area contributed by atoms with Gasteiger partial charge in [-0.05, 0) is 45.1 Å². The molecule has 4 nitrogen and oxygen atoms in total. The smallest absolute Gasteiger partial charge is 0.161 e. The van der Waals surface area contributed by atoms with Gasteiger partial charge in [-0.15, -0.1) is 0 Å². The lowest BCUT2D eigenvalue weighted by molar-refractivity contribution is 0.268. The zero-order chi connectivity index (χ0) is 13.5. The predicted octanol–water partition coefficient (Wildman–Crippen LogP) is 2.05. The molecule has 0 aromatic heterocycles. The Hall–Kier alpha value is -1.26. The highest BCUT2D eigenvalue weighted by atomic mass is 16.5. The van der Waals surface area contributed by atoms with E-state index in [1.165, 1.54) is 0 Å². The number of benzene rings is 1. The van der Waals surface area contributed by atoms with Crippen LogP contribution in [0.4, 0.5) is 0 Å². The summed E-state index contributed by atoms with van der Waals surface area (Å²) in [5.41, 5.74) is 6.89. The van der Waals surface area contributed by atoms with Gasteiger partial charge in [-0.3, -0.25) is 0 Å². The normalized spacial score (nSPS) is 12.6. The number of hydrogen-bond donors (Lipinski definition) is 1. The summed E-state index contributed by atoms with van der Waals surface area (Å²) in [5, 5.41) is 0. The Bertz CT molecular complexity index is 365. The molecule has 18 heavy (non-hydrogen) atoms. The molecule has 0 aliphatic carbocycles. The Labute approximate surface area is 110 Å². The summed E-state index contributed by atoms with van der Waals surface area (Å²) in [5.74, 6) is 1.52. The van der Waals surface area contributed by atoms with Crippen LogP contribution in [0.15, 0.2) is 18.2 Å². The molecule has 0 spiro atoms. The van der Waals surface area contributed by atoms with Gasteiger partial charge < -0.3 is 20.1 Å². The average Bonchev–Trinajstić information content (AvgIpc) is 2.34. The molecule has 1 unspecified atom stereocenters. The monoisotopic (exact) mass is 252 g/mol. The van der Waals surface area contributed by atoms with E-state index in [1.807, 2.05) is 25.1 Å². The van der Waals surface area contributed by atoms with Gasteiger partial charge in [0.25, 0.3) is 0 Å². The number of nitrogens with zero attached hydrogens (tertiary/aromatic N) is 1. The maximum Gasteiger partial charge on any atom is 0.161 e. The fourth-order valence-corrected chi connectivity index (χ4v) is 1.65. The maximum atomic E-state index is 5.84. The number of ether oxygens (including phenoxy) is 2. The van der Waals surface area contributed by atoms with E-state index in [9.17, 15) is 0 Å². The molecular weight excluding hydrogens is 228 g/mol. The zero-order valence-electron chi connectivity index (χ0n) is 11.8. The predicted molar refractivity (Wildman–Crippen MR) is 74.3 cm³/mol. The van der Waals surface area contributed by atoms with Crippen molar-refractivity contribution in [2.75, 3.05) is 34.4 Å². The Morgan fingerprint density at radius 3 is 2.56 bits per heavy atom. The van der Waals surface area contributed by atoms with Crippen LogP contribution >= 0.6 is 0 Å². The van der Waals surface area contributed by atoms with Gasteiger partial charge in [0.2, 0.25) is 0 Å². The summed E-state index contributed by atoms with van der Waals surface area (Å²) in [7, 11) is 5.75. The zero-order valence-corrected chi connectivity index (χ0v) is 11.8. The van der Waals surface area contributed by atoms with E-state index >= 15 is 0 Å². The summed E-state index contributed by atoms with van der Waals surface area (Å²) in [6.07, 6.45) is 0.991. The van der Waals surface area contributed by atoms with Gasteiger partial charge in [-0.25, -0.2) is 0 Å². The molecule has 0 bridgehead atoms. The Morgan fingerprint density at radius 2 is 2.00 bits per heavy atom. The van der Waals surface area contributed by atoms with Crippen LogP contribution in [0, 0.1) is 0 Å². The third kappa shape index (κ3) is 4.55. The molecule has 0 saturated heterocycles. The molecular formula is C14H24N2O2. The lowest BCUT2D eigenvalue weighted by Gasteiger charge is -2.14. The number of nitrogens with two attached hydrogens (primary N) is 1.